The van der Waals surface area contributed by atoms with Gasteiger partial charge < -0.3 is 5.73 Å². The predicted octanol–water partition coefficient (Wildman–Crippen LogP) is 0.770. The van der Waals surface area contributed by atoms with Gasteiger partial charge in [0.15, 0.2) is 0 Å². The topological polar surface area (TPSA) is 72.2 Å². The van der Waals surface area contributed by atoms with Crippen LogP contribution in [0.5, 0.6) is 0 Å². The van der Waals surface area contributed by atoms with Crippen LogP contribution in [0, 0.1) is 12.7 Å². The summed E-state index contributed by atoms with van der Waals surface area (Å²) in [4.78, 5) is 0. The summed E-state index contributed by atoms with van der Waals surface area (Å²) < 4.78 is 36.5. The van der Waals surface area contributed by atoms with Crippen molar-refractivity contribution in [3.8, 4) is 0 Å². The van der Waals surface area contributed by atoms with Crippen LogP contribution in [0.2, 0.25) is 0 Å². The third-order valence-electron chi connectivity index (χ3n) is 2.34. The fraction of sp³-hybridized carbons (Fsp3) is 0.400. The molecule has 0 fully saturated rings. The lowest BCUT2D eigenvalue weighted by Crippen LogP contribution is -2.13. The number of hydrogen-bond acceptors (Lipinski definition) is 3. The number of nitrogens with two attached hydrogens (primary N) is 1. The molecule has 0 unspecified atom stereocenters. The molecule has 0 spiro atoms. The van der Waals surface area contributed by atoms with Crippen molar-refractivity contribution in [3.63, 3.8) is 0 Å². The Morgan fingerprint density at radius 3 is 2.62 bits per heavy atom. The van der Waals surface area contributed by atoms with Crippen LogP contribution < -0.4 is 10.5 Å². The van der Waals surface area contributed by atoms with Crippen LogP contribution in [0.25, 0.3) is 0 Å². The number of aryl methyl sites for hydroxylation is 1. The van der Waals surface area contributed by atoms with Crippen molar-refractivity contribution in [1.82, 2.24) is 4.72 Å². The second kappa shape index (κ2) is 5.38. The second-order valence-electron chi connectivity index (χ2n) is 3.68. The van der Waals surface area contributed by atoms with E-state index in [-0.39, 0.29) is 12.6 Å². The van der Waals surface area contributed by atoms with E-state index in [0.29, 0.717) is 11.1 Å². The van der Waals surface area contributed by atoms with Crippen LogP contribution >= 0.6 is 0 Å². The Kier molecular flexibility index (Phi) is 4.40. The number of nitrogens with one attached hydrogen (secondary N) is 1. The minimum absolute atomic E-state index is 0.0979. The van der Waals surface area contributed by atoms with E-state index in [1.54, 1.807) is 19.9 Å². The van der Waals surface area contributed by atoms with E-state index < -0.39 is 16.7 Å². The highest BCUT2D eigenvalue weighted by molar-refractivity contribution is 7.70. The minimum Gasteiger partial charge on any atom is -0.324 e. The van der Waals surface area contributed by atoms with Gasteiger partial charge in [0, 0.05) is 18.2 Å². The maximum Gasteiger partial charge on any atom is 0.201 e. The summed E-state index contributed by atoms with van der Waals surface area (Å²) in [5.41, 5.74) is 7.47. The van der Waals surface area contributed by atoms with Crippen molar-refractivity contribution in [2.24, 2.45) is 5.73 Å². The summed E-state index contributed by atoms with van der Waals surface area (Å²) in [6.07, 6.45) is 0. The second-order valence-corrected chi connectivity index (χ2v) is 4.51. The lowest BCUT2D eigenvalue weighted by Gasteiger charge is -2.11. The molecule has 16 heavy (non-hydrogen) atoms. The lowest BCUT2D eigenvalue weighted by atomic mass is 10.0. The molecule has 1 aromatic rings. The highest BCUT2D eigenvalue weighted by Crippen LogP contribution is 2.19. The Balaban J connectivity index is 3.00. The Hall–Kier alpha value is -0.980. The molecule has 0 bridgehead atoms. The highest BCUT2D eigenvalue weighted by Gasteiger charge is 2.10. The molecule has 6 heteroatoms. The molecule has 4 nitrogen and oxygen atoms in total. The number of benzene rings is 1. The van der Waals surface area contributed by atoms with E-state index in [0.717, 1.165) is 5.56 Å². The van der Waals surface area contributed by atoms with Crippen molar-refractivity contribution in [2.45, 2.75) is 26.4 Å². The van der Waals surface area contributed by atoms with Gasteiger partial charge in [-0.15, -0.1) is 0 Å². The van der Waals surface area contributed by atoms with E-state index in [9.17, 15) is 12.8 Å². The molecule has 1 rings (SSSR count). The molecule has 1 aromatic carbocycles. The van der Waals surface area contributed by atoms with Gasteiger partial charge in [-0.2, -0.15) is 0 Å². The largest absolute Gasteiger partial charge is 0.324 e. The average molecular weight is 246 g/mol. The van der Waals surface area contributed by atoms with Crippen molar-refractivity contribution in [1.29, 1.82) is 0 Å². The molecule has 0 saturated heterocycles. The molecular weight excluding hydrogens is 231 g/mol. The standard InChI is InChI=1S/C10H15FN2O2S/c1-6-3-9(7(2)12)10(11)4-8(6)5-13-16(14)15/h3-4,7,16H,5,12H2,1-2H3,(H,13,14,15)/t7-/m1/s1. The number of rotatable bonds is 4. The van der Waals surface area contributed by atoms with Gasteiger partial charge in [0.2, 0.25) is 10.9 Å². The van der Waals surface area contributed by atoms with Gasteiger partial charge >= 0.3 is 0 Å². The van der Waals surface area contributed by atoms with E-state index in [1.165, 1.54) is 6.07 Å². The van der Waals surface area contributed by atoms with Crippen molar-refractivity contribution in [2.75, 3.05) is 0 Å². The predicted molar refractivity (Wildman–Crippen MR) is 60.9 cm³/mol. The van der Waals surface area contributed by atoms with Crippen LogP contribution in [0.4, 0.5) is 4.39 Å². The third kappa shape index (κ3) is 3.26. The van der Waals surface area contributed by atoms with Crippen LogP contribution in [-0.2, 0) is 17.4 Å². The molecular formula is C10H15FN2O2S. The Labute approximate surface area is 95.7 Å². The molecule has 1 atom stereocenters. The molecule has 0 aliphatic carbocycles. The molecule has 0 radical (unpaired) electrons. The van der Waals surface area contributed by atoms with Crippen LogP contribution in [-0.4, -0.2) is 8.42 Å². The smallest absolute Gasteiger partial charge is 0.201 e. The first-order valence-corrected chi connectivity index (χ1v) is 6.02. The zero-order valence-corrected chi connectivity index (χ0v) is 10.1. The lowest BCUT2D eigenvalue weighted by molar-refractivity contribution is 0.587. The summed E-state index contributed by atoms with van der Waals surface area (Å²) in [5.74, 6) is -0.404. The molecule has 0 heterocycles. The zero-order chi connectivity index (χ0) is 12.3. The monoisotopic (exact) mass is 246 g/mol. The van der Waals surface area contributed by atoms with Gasteiger partial charge in [0.05, 0.1) is 0 Å². The Bertz CT molecular complexity index is 450. The van der Waals surface area contributed by atoms with Gasteiger partial charge in [0.25, 0.3) is 0 Å². The fourth-order valence-corrected chi connectivity index (χ4v) is 1.73. The SMILES string of the molecule is Cc1cc([C@@H](C)N)c(F)cc1CN[SH](=O)=O. The van der Waals surface area contributed by atoms with Crippen LogP contribution in [0.1, 0.15) is 29.7 Å². The van der Waals surface area contributed by atoms with Crippen molar-refractivity contribution >= 4 is 10.9 Å². The van der Waals surface area contributed by atoms with Gasteiger partial charge in [-0.1, -0.05) is 6.07 Å². The normalized spacial score (nSPS) is 13.1. The number of thiol groups is 1. The van der Waals surface area contributed by atoms with E-state index in [4.69, 9.17) is 5.73 Å². The fourth-order valence-electron chi connectivity index (χ4n) is 1.43. The quantitative estimate of drug-likeness (QED) is 0.687. The molecule has 90 valence electrons. The Morgan fingerprint density at radius 1 is 1.50 bits per heavy atom. The summed E-state index contributed by atoms with van der Waals surface area (Å²) in [6, 6.07) is 2.59. The van der Waals surface area contributed by atoms with Crippen LogP contribution in [0.15, 0.2) is 12.1 Å². The van der Waals surface area contributed by atoms with E-state index in [1.807, 2.05) is 0 Å². The first-order chi connectivity index (χ1) is 7.41. The first-order valence-electron chi connectivity index (χ1n) is 4.84. The minimum atomic E-state index is -2.66. The molecule has 0 aliphatic rings. The van der Waals surface area contributed by atoms with Gasteiger partial charge in [-0.05, 0) is 31.0 Å². The summed E-state index contributed by atoms with van der Waals surface area (Å²) >= 11 is 0. The first kappa shape index (κ1) is 13.1. The van der Waals surface area contributed by atoms with Crippen LogP contribution in [0.3, 0.4) is 0 Å². The zero-order valence-electron chi connectivity index (χ0n) is 9.16. The third-order valence-corrected chi connectivity index (χ3v) is 2.76. The molecule has 0 amide bonds. The van der Waals surface area contributed by atoms with E-state index in [2.05, 4.69) is 4.72 Å². The van der Waals surface area contributed by atoms with Crippen molar-refractivity contribution in [3.05, 3.63) is 34.6 Å². The maximum atomic E-state index is 13.5. The van der Waals surface area contributed by atoms with Gasteiger partial charge in [-0.25, -0.2) is 17.5 Å². The Morgan fingerprint density at radius 2 is 2.12 bits per heavy atom. The van der Waals surface area contributed by atoms with Gasteiger partial charge in [0.1, 0.15) is 5.82 Å². The van der Waals surface area contributed by atoms with Crippen molar-refractivity contribution < 1.29 is 12.8 Å². The average Bonchev–Trinajstić information content (AvgIpc) is 2.18. The van der Waals surface area contributed by atoms with E-state index >= 15 is 0 Å². The maximum absolute atomic E-state index is 13.5. The summed E-state index contributed by atoms with van der Waals surface area (Å²) in [5, 5.41) is 0. The summed E-state index contributed by atoms with van der Waals surface area (Å²) in [7, 11) is -2.66. The molecule has 3 N–H and O–H groups in total. The number of hydrogen-bond donors (Lipinski definition) is 3. The highest BCUT2D eigenvalue weighted by atomic mass is 32.2. The van der Waals surface area contributed by atoms with Gasteiger partial charge in [-0.3, -0.25) is 0 Å². The molecule has 0 aromatic heterocycles. The molecule has 0 saturated carbocycles. The molecule has 0 aliphatic heterocycles. The number of halogens is 1. The summed E-state index contributed by atoms with van der Waals surface area (Å²) in [6.45, 7) is 3.59.